The topological polar surface area (TPSA) is 60.0 Å². The average Bonchev–Trinajstić information content (AvgIpc) is 2.44. The lowest BCUT2D eigenvalue weighted by molar-refractivity contribution is 0.0908. The minimum absolute atomic E-state index is 0.593. The van der Waals surface area contributed by atoms with Crippen molar-refractivity contribution < 1.29 is 0 Å². The second-order valence-corrected chi connectivity index (χ2v) is 4.14. The number of rotatable bonds is 4. The van der Waals surface area contributed by atoms with E-state index in [1.807, 2.05) is 18.5 Å². The summed E-state index contributed by atoms with van der Waals surface area (Å²) < 4.78 is 1.97. The normalized spacial score (nSPS) is 21.7. The van der Waals surface area contributed by atoms with Crippen LogP contribution in [0, 0.1) is 13.8 Å². The van der Waals surface area contributed by atoms with Crippen LogP contribution >= 0.6 is 0 Å². The zero-order valence-electron chi connectivity index (χ0n) is 9.48. The third-order valence-corrected chi connectivity index (χ3v) is 3.10. The number of aromatic nitrogens is 3. The summed E-state index contributed by atoms with van der Waals surface area (Å²) in [6, 6.07) is 0.593. The van der Waals surface area contributed by atoms with Crippen LogP contribution in [0.15, 0.2) is 0 Å². The third-order valence-electron chi connectivity index (χ3n) is 3.10. The summed E-state index contributed by atoms with van der Waals surface area (Å²) in [5.74, 6) is 1.85. The van der Waals surface area contributed by atoms with E-state index >= 15 is 0 Å². The number of hydrogen-bond donors (Lipinski definition) is 1. The van der Waals surface area contributed by atoms with Crippen LogP contribution in [0.1, 0.15) is 18.1 Å². The van der Waals surface area contributed by atoms with Crippen LogP contribution < -0.4 is 5.73 Å². The maximum Gasteiger partial charge on any atom is 0.147 e. The molecule has 1 aromatic rings. The Bertz CT molecular complexity index is 331. The van der Waals surface area contributed by atoms with Crippen molar-refractivity contribution in [1.29, 1.82) is 0 Å². The zero-order chi connectivity index (χ0) is 10.8. The molecule has 84 valence electrons. The Labute approximate surface area is 90.3 Å². The SMILES string of the molecule is Cc1nc(C)n(CCN2CCC2CN)n1. The van der Waals surface area contributed by atoms with E-state index in [9.17, 15) is 0 Å². The first-order valence-electron chi connectivity index (χ1n) is 5.53. The molecule has 1 aliphatic rings. The molecule has 5 nitrogen and oxygen atoms in total. The van der Waals surface area contributed by atoms with Crippen molar-refractivity contribution in [2.75, 3.05) is 19.6 Å². The molecule has 0 spiro atoms. The fraction of sp³-hybridized carbons (Fsp3) is 0.800. The summed E-state index contributed by atoms with van der Waals surface area (Å²) in [5, 5.41) is 4.34. The lowest BCUT2D eigenvalue weighted by atomic mass is 10.0. The van der Waals surface area contributed by atoms with Crippen molar-refractivity contribution in [2.24, 2.45) is 5.73 Å². The smallest absolute Gasteiger partial charge is 0.147 e. The average molecular weight is 209 g/mol. The Morgan fingerprint density at radius 1 is 1.40 bits per heavy atom. The number of likely N-dealkylation sites (tertiary alicyclic amines) is 1. The Hall–Kier alpha value is -0.940. The maximum atomic E-state index is 5.65. The van der Waals surface area contributed by atoms with Crippen molar-refractivity contribution in [1.82, 2.24) is 19.7 Å². The first kappa shape index (κ1) is 10.6. The number of nitrogens with zero attached hydrogens (tertiary/aromatic N) is 4. The van der Waals surface area contributed by atoms with E-state index in [0.717, 1.165) is 31.3 Å². The summed E-state index contributed by atoms with van der Waals surface area (Å²) in [6.45, 7) is 7.82. The molecule has 2 heterocycles. The van der Waals surface area contributed by atoms with Crippen LogP contribution in [0.4, 0.5) is 0 Å². The second kappa shape index (κ2) is 4.28. The van der Waals surface area contributed by atoms with Gasteiger partial charge in [-0.05, 0) is 20.3 Å². The minimum Gasteiger partial charge on any atom is -0.329 e. The summed E-state index contributed by atoms with van der Waals surface area (Å²) >= 11 is 0. The van der Waals surface area contributed by atoms with Gasteiger partial charge in [-0.15, -0.1) is 0 Å². The molecule has 1 aliphatic heterocycles. The number of nitrogens with two attached hydrogens (primary N) is 1. The van der Waals surface area contributed by atoms with Gasteiger partial charge in [-0.1, -0.05) is 0 Å². The first-order chi connectivity index (χ1) is 7.20. The predicted octanol–water partition coefficient (Wildman–Crippen LogP) is -0.0721. The lowest BCUT2D eigenvalue weighted by Crippen LogP contribution is -2.52. The zero-order valence-corrected chi connectivity index (χ0v) is 9.48. The molecule has 5 heteroatoms. The van der Waals surface area contributed by atoms with Gasteiger partial charge in [0.25, 0.3) is 0 Å². The number of hydrogen-bond acceptors (Lipinski definition) is 4. The quantitative estimate of drug-likeness (QED) is 0.754. The highest BCUT2D eigenvalue weighted by Gasteiger charge is 2.25. The fourth-order valence-electron chi connectivity index (χ4n) is 2.05. The van der Waals surface area contributed by atoms with Crippen molar-refractivity contribution in [3.05, 3.63) is 11.6 Å². The van der Waals surface area contributed by atoms with Gasteiger partial charge in [-0.25, -0.2) is 9.67 Å². The van der Waals surface area contributed by atoms with Crippen molar-refractivity contribution >= 4 is 0 Å². The Balaban J connectivity index is 1.85. The summed E-state index contributed by atoms with van der Waals surface area (Å²) in [7, 11) is 0. The van der Waals surface area contributed by atoms with Crippen LogP contribution in [-0.2, 0) is 6.54 Å². The largest absolute Gasteiger partial charge is 0.329 e. The molecule has 1 unspecified atom stereocenters. The second-order valence-electron chi connectivity index (χ2n) is 4.14. The minimum atomic E-state index is 0.593. The molecule has 2 rings (SSSR count). The van der Waals surface area contributed by atoms with Gasteiger partial charge in [-0.2, -0.15) is 5.10 Å². The van der Waals surface area contributed by atoms with Gasteiger partial charge in [0.05, 0.1) is 6.54 Å². The lowest BCUT2D eigenvalue weighted by Gasteiger charge is -2.40. The molecule has 1 aromatic heterocycles. The fourth-order valence-corrected chi connectivity index (χ4v) is 2.05. The number of aryl methyl sites for hydroxylation is 2. The molecule has 1 fully saturated rings. The standard InChI is InChI=1S/C10H19N5/c1-8-12-9(2)15(13-8)6-5-14-4-3-10(14)7-11/h10H,3-7,11H2,1-2H3. The van der Waals surface area contributed by atoms with Crippen LogP contribution in [0.2, 0.25) is 0 Å². The Kier molecular flexibility index (Phi) is 3.02. The van der Waals surface area contributed by atoms with E-state index in [4.69, 9.17) is 5.73 Å². The van der Waals surface area contributed by atoms with Gasteiger partial charge in [-0.3, -0.25) is 4.90 Å². The molecule has 0 bridgehead atoms. The van der Waals surface area contributed by atoms with Gasteiger partial charge in [0.2, 0.25) is 0 Å². The molecule has 0 saturated carbocycles. The van der Waals surface area contributed by atoms with Gasteiger partial charge in [0.15, 0.2) is 0 Å². The van der Waals surface area contributed by atoms with Crippen molar-refractivity contribution in [2.45, 2.75) is 32.9 Å². The molecular formula is C10H19N5. The van der Waals surface area contributed by atoms with E-state index < -0.39 is 0 Å². The van der Waals surface area contributed by atoms with E-state index in [0.29, 0.717) is 6.04 Å². The monoisotopic (exact) mass is 209 g/mol. The molecule has 1 atom stereocenters. The van der Waals surface area contributed by atoms with Crippen LogP contribution in [0.3, 0.4) is 0 Å². The molecule has 15 heavy (non-hydrogen) atoms. The van der Waals surface area contributed by atoms with E-state index in [2.05, 4.69) is 15.0 Å². The molecular weight excluding hydrogens is 190 g/mol. The molecule has 0 aromatic carbocycles. The molecule has 0 amide bonds. The van der Waals surface area contributed by atoms with Gasteiger partial charge >= 0.3 is 0 Å². The molecule has 0 radical (unpaired) electrons. The van der Waals surface area contributed by atoms with E-state index in [1.54, 1.807) is 0 Å². The summed E-state index contributed by atoms with van der Waals surface area (Å²) in [5.41, 5.74) is 5.65. The third kappa shape index (κ3) is 2.18. The molecule has 1 saturated heterocycles. The highest BCUT2D eigenvalue weighted by molar-refractivity contribution is 4.89. The van der Waals surface area contributed by atoms with Gasteiger partial charge in [0.1, 0.15) is 11.6 Å². The van der Waals surface area contributed by atoms with Crippen LogP contribution in [0.25, 0.3) is 0 Å². The van der Waals surface area contributed by atoms with E-state index in [-0.39, 0.29) is 0 Å². The highest BCUT2D eigenvalue weighted by atomic mass is 15.4. The van der Waals surface area contributed by atoms with Crippen LogP contribution in [-0.4, -0.2) is 45.3 Å². The summed E-state index contributed by atoms with van der Waals surface area (Å²) in [4.78, 5) is 6.69. The van der Waals surface area contributed by atoms with Crippen LogP contribution in [0.5, 0.6) is 0 Å². The Morgan fingerprint density at radius 3 is 2.67 bits per heavy atom. The first-order valence-corrected chi connectivity index (χ1v) is 5.53. The Morgan fingerprint density at radius 2 is 2.20 bits per heavy atom. The maximum absolute atomic E-state index is 5.65. The predicted molar refractivity (Wildman–Crippen MR) is 58.5 cm³/mol. The van der Waals surface area contributed by atoms with E-state index in [1.165, 1.54) is 13.0 Å². The van der Waals surface area contributed by atoms with Crippen molar-refractivity contribution in [3.63, 3.8) is 0 Å². The molecule has 0 aliphatic carbocycles. The summed E-state index contributed by atoms with van der Waals surface area (Å²) in [6.07, 6.45) is 1.24. The van der Waals surface area contributed by atoms with Crippen molar-refractivity contribution in [3.8, 4) is 0 Å². The van der Waals surface area contributed by atoms with Gasteiger partial charge < -0.3 is 5.73 Å². The molecule has 2 N–H and O–H groups in total. The van der Waals surface area contributed by atoms with Gasteiger partial charge in [0, 0.05) is 25.7 Å². The highest BCUT2D eigenvalue weighted by Crippen LogP contribution is 2.15.